The number of benzene rings is 3. The van der Waals surface area contributed by atoms with E-state index in [1.807, 2.05) is 12.1 Å². The summed E-state index contributed by atoms with van der Waals surface area (Å²) in [4.78, 5) is 7.50. The molecule has 0 aromatic heterocycles. The number of hydrogen-bond donors (Lipinski definition) is 0. The molecule has 1 aliphatic rings. The molecule has 0 aliphatic carbocycles. The SMILES string of the molecule is CN1Cc2ccccc2C(c2ccc(Cl)cc2)N=C1CCc1ccccc1. The van der Waals surface area contributed by atoms with Gasteiger partial charge in [0.2, 0.25) is 0 Å². The lowest BCUT2D eigenvalue weighted by Crippen LogP contribution is -2.26. The molecule has 27 heavy (non-hydrogen) atoms. The molecule has 136 valence electrons. The van der Waals surface area contributed by atoms with E-state index in [4.69, 9.17) is 16.6 Å². The van der Waals surface area contributed by atoms with E-state index in [1.165, 1.54) is 22.3 Å². The predicted octanol–water partition coefficient (Wildman–Crippen LogP) is 5.91. The minimum absolute atomic E-state index is 0.00851. The fourth-order valence-corrected chi connectivity index (χ4v) is 3.79. The Morgan fingerprint density at radius 1 is 0.889 bits per heavy atom. The van der Waals surface area contributed by atoms with Crippen LogP contribution in [-0.2, 0) is 13.0 Å². The highest BCUT2D eigenvalue weighted by atomic mass is 35.5. The van der Waals surface area contributed by atoms with Gasteiger partial charge in [-0.1, -0.05) is 78.3 Å². The monoisotopic (exact) mass is 374 g/mol. The minimum Gasteiger partial charge on any atom is -0.359 e. The Balaban J connectivity index is 1.69. The fourth-order valence-electron chi connectivity index (χ4n) is 3.66. The van der Waals surface area contributed by atoms with Crippen LogP contribution in [0.15, 0.2) is 83.9 Å². The van der Waals surface area contributed by atoms with Gasteiger partial charge >= 0.3 is 0 Å². The fraction of sp³-hybridized carbons (Fsp3) is 0.208. The van der Waals surface area contributed by atoms with Crippen LogP contribution in [0.5, 0.6) is 0 Å². The molecule has 0 saturated carbocycles. The van der Waals surface area contributed by atoms with Crippen LogP contribution in [0.1, 0.15) is 34.7 Å². The molecule has 0 fully saturated rings. The zero-order valence-electron chi connectivity index (χ0n) is 15.5. The van der Waals surface area contributed by atoms with Crippen molar-refractivity contribution in [2.75, 3.05) is 7.05 Å². The van der Waals surface area contributed by atoms with Crippen molar-refractivity contribution in [1.82, 2.24) is 4.90 Å². The predicted molar refractivity (Wildman–Crippen MR) is 113 cm³/mol. The maximum absolute atomic E-state index is 6.11. The van der Waals surface area contributed by atoms with Gasteiger partial charge in [-0.15, -0.1) is 0 Å². The van der Waals surface area contributed by atoms with Crippen molar-refractivity contribution < 1.29 is 0 Å². The number of halogens is 1. The Kier molecular flexibility index (Phi) is 5.26. The molecule has 1 atom stereocenters. The molecule has 3 heteroatoms. The first-order valence-corrected chi connectivity index (χ1v) is 9.73. The van der Waals surface area contributed by atoms with E-state index >= 15 is 0 Å². The van der Waals surface area contributed by atoms with Gasteiger partial charge in [-0.25, -0.2) is 0 Å². The Morgan fingerprint density at radius 3 is 2.37 bits per heavy atom. The third-order valence-corrected chi connectivity index (χ3v) is 5.39. The molecule has 1 unspecified atom stereocenters. The van der Waals surface area contributed by atoms with Crippen molar-refractivity contribution in [3.05, 3.63) is 106 Å². The van der Waals surface area contributed by atoms with Crippen molar-refractivity contribution in [3.63, 3.8) is 0 Å². The normalized spacial score (nSPS) is 16.4. The zero-order valence-corrected chi connectivity index (χ0v) is 16.2. The lowest BCUT2D eigenvalue weighted by Gasteiger charge is -2.20. The van der Waals surface area contributed by atoms with Gasteiger partial charge in [0.1, 0.15) is 11.9 Å². The molecule has 2 nitrogen and oxygen atoms in total. The summed E-state index contributed by atoms with van der Waals surface area (Å²) in [6.07, 6.45) is 1.92. The van der Waals surface area contributed by atoms with Crippen LogP contribution in [0.25, 0.3) is 0 Å². The molecule has 3 aromatic rings. The highest BCUT2D eigenvalue weighted by Crippen LogP contribution is 2.33. The lowest BCUT2D eigenvalue weighted by molar-refractivity contribution is 0.490. The van der Waals surface area contributed by atoms with Gasteiger partial charge in [-0.3, -0.25) is 4.99 Å². The van der Waals surface area contributed by atoms with Crippen molar-refractivity contribution in [2.24, 2.45) is 4.99 Å². The van der Waals surface area contributed by atoms with E-state index in [0.717, 1.165) is 30.2 Å². The second kappa shape index (κ2) is 7.98. The summed E-state index contributed by atoms with van der Waals surface area (Å²) in [6, 6.07) is 27.3. The molecular weight excluding hydrogens is 352 g/mol. The largest absolute Gasteiger partial charge is 0.359 e. The number of aryl methyl sites for hydroxylation is 1. The number of hydrogen-bond acceptors (Lipinski definition) is 2. The summed E-state index contributed by atoms with van der Waals surface area (Å²) in [6.45, 7) is 0.883. The van der Waals surface area contributed by atoms with Crippen LogP contribution in [0, 0.1) is 0 Å². The molecular formula is C24H23ClN2. The van der Waals surface area contributed by atoms with E-state index in [0.29, 0.717) is 0 Å². The van der Waals surface area contributed by atoms with Gasteiger partial charge in [0, 0.05) is 25.0 Å². The maximum atomic E-state index is 6.11. The van der Waals surface area contributed by atoms with Crippen LogP contribution in [0.4, 0.5) is 0 Å². The third-order valence-electron chi connectivity index (χ3n) is 5.14. The second-order valence-corrected chi connectivity index (χ2v) is 7.48. The van der Waals surface area contributed by atoms with Crippen LogP contribution >= 0.6 is 11.6 Å². The number of fused-ring (bicyclic) bond motifs is 1. The van der Waals surface area contributed by atoms with Crippen molar-refractivity contribution in [1.29, 1.82) is 0 Å². The highest BCUT2D eigenvalue weighted by Gasteiger charge is 2.23. The van der Waals surface area contributed by atoms with Crippen LogP contribution < -0.4 is 0 Å². The second-order valence-electron chi connectivity index (χ2n) is 7.04. The van der Waals surface area contributed by atoms with Crippen molar-refractivity contribution >= 4 is 17.4 Å². The molecule has 0 bridgehead atoms. The van der Waals surface area contributed by atoms with Gasteiger partial charge in [0.15, 0.2) is 0 Å². The summed E-state index contributed by atoms with van der Waals surface area (Å²) >= 11 is 6.11. The van der Waals surface area contributed by atoms with E-state index in [1.54, 1.807) is 0 Å². The van der Waals surface area contributed by atoms with Gasteiger partial charge in [-0.05, 0) is 40.8 Å². The molecule has 0 amide bonds. The zero-order chi connectivity index (χ0) is 18.6. The van der Waals surface area contributed by atoms with E-state index < -0.39 is 0 Å². The first-order chi connectivity index (χ1) is 13.2. The number of amidine groups is 1. The van der Waals surface area contributed by atoms with E-state index in [-0.39, 0.29) is 6.04 Å². The van der Waals surface area contributed by atoms with Gasteiger partial charge in [0.25, 0.3) is 0 Å². The summed E-state index contributed by atoms with van der Waals surface area (Å²) in [7, 11) is 2.14. The third kappa shape index (κ3) is 4.06. The molecule has 4 rings (SSSR count). The Morgan fingerprint density at radius 2 is 1.59 bits per heavy atom. The van der Waals surface area contributed by atoms with Crippen LogP contribution in [0.2, 0.25) is 5.02 Å². The molecule has 0 spiro atoms. The van der Waals surface area contributed by atoms with E-state index in [2.05, 4.69) is 78.7 Å². The number of rotatable bonds is 4. The maximum Gasteiger partial charge on any atom is 0.102 e. The first kappa shape index (κ1) is 17.8. The summed E-state index contributed by atoms with van der Waals surface area (Å²) in [5, 5.41) is 0.756. The molecule has 0 saturated heterocycles. The van der Waals surface area contributed by atoms with Gasteiger partial charge in [0.05, 0.1) is 0 Å². The molecule has 3 aromatic carbocycles. The summed E-state index contributed by atoms with van der Waals surface area (Å²) < 4.78 is 0. The molecule has 0 radical (unpaired) electrons. The topological polar surface area (TPSA) is 15.6 Å². The van der Waals surface area contributed by atoms with Gasteiger partial charge in [-0.2, -0.15) is 0 Å². The number of aliphatic imine (C=N–C) groups is 1. The Bertz CT molecular complexity index is 932. The lowest BCUT2D eigenvalue weighted by atomic mass is 9.95. The Hall–Kier alpha value is -2.58. The van der Waals surface area contributed by atoms with Crippen LogP contribution in [-0.4, -0.2) is 17.8 Å². The average Bonchev–Trinajstić information content (AvgIpc) is 2.84. The molecule has 1 heterocycles. The Labute approximate surface area is 166 Å². The van der Waals surface area contributed by atoms with E-state index in [9.17, 15) is 0 Å². The number of nitrogens with zero attached hydrogens (tertiary/aromatic N) is 2. The van der Waals surface area contributed by atoms with Crippen molar-refractivity contribution in [2.45, 2.75) is 25.4 Å². The summed E-state index contributed by atoms with van der Waals surface area (Å²) in [5.41, 5.74) is 5.14. The summed E-state index contributed by atoms with van der Waals surface area (Å²) in [5.74, 6) is 1.15. The smallest absolute Gasteiger partial charge is 0.102 e. The highest BCUT2D eigenvalue weighted by molar-refractivity contribution is 6.30. The van der Waals surface area contributed by atoms with Gasteiger partial charge < -0.3 is 4.90 Å². The first-order valence-electron chi connectivity index (χ1n) is 9.36. The molecule has 0 N–H and O–H groups in total. The molecule has 1 aliphatic heterocycles. The minimum atomic E-state index is 0.00851. The van der Waals surface area contributed by atoms with Crippen LogP contribution in [0.3, 0.4) is 0 Å². The quantitative estimate of drug-likeness (QED) is 0.554. The average molecular weight is 375 g/mol. The van der Waals surface area contributed by atoms with Crippen molar-refractivity contribution in [3.8, 4) is 0 Å². The standard InChI is InChI=1S/C24H23ClN2/c1-27-17-20-9-5-6-10-22(20)24(19-12-14-21(25)15-13-19)26-23(27)16-11-18-7-3-2-4-8-18/h2-10,12-15,24H,11,16-17H2,1H3.